The number of hydrogen-bond acceptors (Lipinski definition) is 4. The monoisotopic (exact) mass is 472 g/mol. The summed E-state index contributed by atoms with van der Waals surface area (Å²) in [7, 11) is 2.14. The van der Waals surface area contributed by atoms with Crippen molar-refractivity contribution in [1.82, 2.24) is 14.9 Å². The lowest BCUT2D eigenvalue weighted by Crippen LogP contribution is -2.48. The van der Waals surface area contributed by atoms with E-state index in [0.717, 1.165) is 67.7 Å². The zero-order chi connectivity index (χ0) is 24.4. The highest BCUT2D eigenvalue weighted by Crippen LogP contribution is 2.51. The number of nitrogens with zero attached hydrogens (tertiary/aromatic N) is 2. The molecule has 0 unspecified atom stereocenters. The van der Waals surface area contributed by atoms with Gasteiger partial charge in [-0.15, -0.1) is 0 Å². The highest BCUT2D eigenvalue weighted by Gasteiger charge is 2.46. The number of fused-ring (bicyclic) bond motifs is 3. The molecule has 0 radical (unpaired) electrons. The first-order valence-corrected chi connectivity index (χ1v) is 12.8. The van der Waals surface area contributed by atoms with E-state index >= 15 is 0 Å². The number of anilines is 1. The van der Waals surface area contributed by atoms with E-state index in [1.807, 2.05) is 18.2 Å². The third-order valence-electron chi connectivity index (χ3n) is 7.80. The van der Waals surface area contributed by atoms with Crippen LogP contribution in [0.1, 0.15) is 50.4 Å². The largest absolute Gasteiger partial charge is 0.389 e. The zero-order valence-electron chi connectivity index (χ0n) is 20.8. The van der Waals surface area contributed by atoms with E-state index in [-0.39, 0.29) is 11.8 Å². The van der Waals surface area contributed by atoms with Crippen LogP contribution in [-0.2, 0) is 11.2 Å². The minimum Gasteiger partial charge on any atom is -0.389 e. The number of aliphatic hydroxyl groups is 1. The highest BCUT2D eigenvalue weighted by molar-refractivity contribution is 5.98. The first-order valence-electron chi connectivity index (χ1n) is 12.8. The molecular weight excluding hydrogens is 436 g/mol. The normalized spacial score (nSPS) is 23.6. The van der Waals surface area contributed by atoms with Crippen LogP contribution in [0.15, 0.2) is 54.6 Å². The molecule has 1 fully saturated rings. The van der Waals surface area contributed by atoms with Gasteiger partial charge in [0, 0.05) is 25.8 Å². The SMILES string of the molecule is CC(=O)Nc1cccc2[nH]c(CCCN(C)CC[C@@]3(O)C[C@@H]4CC[C@H]3C=C4c3ccccc3)nc12. The number of carbonyl (C=O) groups excluding carboxylic acids is 1. The standard InChI is InChI=1S/C29H36N4O2/c1-20(34)30-25-10-6-11-26-28(25)32-27(31-26)12-7-16-33(2)17-15-29(35)19-22-13-14-23(29)18-24(22)21-8-4-3-5-9-21/h3-6,8-11,18,22-23,35H,7,12-17,19H2,1-2H3,(H,30,34)(H,31,32)/t22-,23-,29+/m0/s1. The maximum absolute atomic E-state index is 11.5. The van der Waals surface area contributed by atoms with Crippen LogP contribution in [-0.4, -0.2) is 51.6 Å². The Hall–Kier alpha value is -2.96. The predicted octanol–water partition coefficient (Wildman–Crippen LogP) is 5.02. The maximum atomic E-state index is 11.5. The third-order valence-corrected chi connectivity index (χ3v) is 7.80. The molecule has 1 heterocycles. The molecule has 3 N–H and O–H groups in total. The van der Waals surface area contributed by atoms with Crippen LogP contribution in [0.25, 0.3) is 16.6 Å². The lowest BCUT2D eigenvalue weighted by atomic mass is 9.61. The molecular formula is C29H36N4O2. The number of aromatic amines is 1. The van der Waals surface area contributed by atoms with Gasteiger partial charge in [0.2, 0.25) is 5.91 Å². The average Bonchev–Trinajstić information content (AvgIpc) is 3.27. The van der Waals surface area contributed by atoms with Crippen molar-refractivity contribution < 1.29 is 9.90 Å². The Morgan fingerprint density at radius 3 is 2.74 bits per heavy atom. The van der Waals surface area contributed by atoms with E-state index in [1.54, 1.807) is 0 Å². The van der Waals surface area contributed by atoms with E-state index in [9.17, 15) is 9.90 Å². The summed E-state index contributed by atoms with van der Waals surface area (Å²) in [6, 6.07) is 16.4. The Labute approximate surface area is 207 Å². The quantitative estimate of drug-likeness (QED) is 0.408. The van der Waals surface area contributed by atoms with Gasteiger partial charge < -0.3 is 20.3 Å². The molecule has 1 amide bonds. The molecule has 6 rings (SSSR count). The summed E-state index contributed by atoms with van der Waals surface area (Å²) in [5, 5.41) is 14.4. The third kappa shape index (κ3) is 5.19. The number of H-pyrrole nitrogens is 1. The van der Waals surface area contributed by atoms with Gasteiger partial charge in [0.05, 0.1) is 16.8 Å². The van der Waals surface area contributed by atoms with Crippen molar-refractivity contribution in [1.29, 1.82) is 0 Å². The molecule has 0 aliphatic heterocycles. The molecule has 2 aromatic carbocycles. The Bertz CT molecular complexity index is 1220. The number of rotatable bonds is 9. The second-order valence-corrected chi connectivity index (χ2v) is 10.4. The van der Waals surface area contributed by atoms with Gasteiger partial charge >= 0.3 is 0 Å². The molecule has 6 nitrogen and oxygen atoms in total. The second-order valence-electron chi connectivity index (χ2n) is 10.4. The lowest BCUT2D eigenvalue weighted by Gasteiger charge is -2.48. The molecule has 3 atom stereocenters. The van der Waals surface area contributed by atoms with Crippen molar-refractivity contribution in [3.8, 4) is 0 Å². The first-order chi connectivity index (χ1) is 16.9. The van der Waals surface area contributed by atoms with Crippen LogP contribution < -0.4 is 5.32 Å². The fourth-order valence-corrected chi connectivity index (χ4v) is 5.94. The van der Waals surface area contributed by atoms with E-state index in [0.29, 0.717) is 5.92 Å². The Balaban J connectivity index is 1.13. The highest BCUT2D eigenvalue weighted by atomic mass is 16.3. The minimum atomic E-state index is -0.589. The van der Waals surface area contributed by atoms with Gasteiger partial charge in [-0.2, -0.15) is 0 Å². The van der Waals surface area contributed by atoms with Gasteiger partial charge in [0.25, 0.3) is 0 Å². The first kappa shape index (κ1) is 23.8. The number of allylic oxidation sites excluding steroid dienone is 1. The van der Waals surface area contributed by atoms with Gasteiger partial charge in [-0.25, -0.2) is 4.98 Å². The molecule has 2 bridgehead atoms. The summed E-state index contributed by atoms with van der Waals surface area (Å²) in [4.78, 5) is 21.9. The molecule has 1 saturated carbocycles. The van der Waals surface area contributed by atoms with Crippen molar-refractivity contribution in [3.63, 3.8) is 0 Å². The Kier molecular flexibility index (Phi) is 6.76. The Morgan fingerprint density at radius 1 is 1.17 bits per heavy atom. The molecule has 6 heteroatoms. The van der Waals surface area contributed by atoms with Crippen molar-refractivity contribution in [3.05, 3.63) is 66.0 Å². The summed E-state index contributed by atoms with van der Waals surface area (Å²) < 4.78 is 0. The molecule has 0 spiro atoms. The molecule has 184 valence electrons. The number of imidazole rings is 1. The van der Waals surface area contributed by atoms with E-state index in [1.165, 1.54) is 24.5 Å². The van der Waals surface area contributed by atoms with Gasteiger partial charge in [0.15, 0.2) is 0 Å². The lowest BCUT2D eigenvalue weighted by molar-refractivity contribution is -0.114. The predicted molar refractivity (Wildman–Crippen MR) is 141 cm³/mol. The molecule has 35 heavy (non-hydrogen) atoms. The molecule has 3 aliphatic carbocycles. The van der Waals surface area contributed by atoms with Crippen LogP contribution in [0.2, 0.25) is 0 Å². The number of carbonyl (C=O) groups is 1. The summed E-state index contributed by atoms with van der Waals surface area (Å²) >= 11 is 0. The van der Waals surface area contributed by atoms with E-state index in [4.69, 9.17) is 4.98 Å². The van der Waals surface area contributed by atoms with Crippen LogP contribution in [0, 0.1) is 11.8 Å². The maximum Gasteiger partial charge on any atom is 0.221 e. The Morgan fingerprint density at radius 2 is 2.00 bits per heavy atom. The zero-order valence-corrected chi connectivity index (χ0v) is 20.8. The van der Waals surface area contributed by atoms with Crippen LogP contribution in [0.4, 0.5) is 5.69 Å². The summed E-state index contributed by atoms with van der Waals surface area (Å²) in [5.74, 6) is 1.56. The van der Waals surface area contributed by atoms with Gasteiger partial charge in [-0.3, -0.25) is 4.79 Å². The fourth-order valence-electron chi connectivity index (χ4n) is 5.94. The molecule has 3 aromatic rings. The summed E-state index contributed by atoms with van der Waals surface area (Å²) in [6.45, 7) is 3.35. The fraction of sp³-hybridized carbons (Fsp3) is 0.448. The van der Waals surface area contributed by atoms with Crippen LogP contribution in [0.3, 0.4) is 0 Å². The second kappa shape index (κ2) is 9.96. The molecule has 3 aliphatic rings. The van der Waals surface area contributed by atoms with Crippen molar-refractivity contribution in [2.45, 2.75) is 51.0 Å². The number of hydrogen-bond donors (Lipinski definition) is 3. The number of amides is 1. The molecule has 1 aromatic heterocycles. The number of benzene rings is 2. The average molecular weight is 473 g/mol. The van der Waals surface area contributed by atoms with Crippen LogP contribution >= 0.6 is 0 Å². The van der Waals surface area contributed by atoms with Gasteiger partial charge in [-0.05, 0) is 74.9 Å². The molecule has 0 saturated heterocycles. The van der Waals surface area contributed by atoms with Crippen molar-refractivity contribution in [2.75, 3.05) is 25.5 Å². The summed E-state index contributed by atoms with van der Waals surface area (Å²) in [6.07, 6.45) is 8.16. The number of aromatic nitrogens is 2. The van der Waals surface area contributed by atoms with Gasteiger partial charge in [0.1, 0.15) is 11.3 Å². The van der Waals surface area contributed by atoms with E-state index < -0.39 is 5.60 Å². The van der Waals surface area contributed by atoms with Crippen molar-refractivity contribution in [2.24, 2.45) is 11.8 Å². The topological polar surface area (TPSA) is 81.2 Å². The minimum absolute atomic E-state index is 0.0942. The number of aryl methyl sites for hydroxylation is 1. The number of nitrogens with one attached hydrogen (secondary N) is 2. The van der Waals surface area contributed by atoms with Gasteiger partial charge in [-0.1, -0.05) is 42.5 Å². The van der Waals surface area contributed by atoms with E-state index in [2.05, 4.69) is 58.7 Å². The smallest absolute Gasteiger partial charge is 0.221 e. The van der Waals surface area contributed by atoms with Crippen LogP contribution in [0.5, 0.6) is 0 Å². The number of para-hydroxylation sites is 1. The van der Waals surface area contributed by atoms with Crippen molar-refractivity contribution >= 4 is 28.2 Å². The summed E-state index contributed by atoms with van der Waals surface area (Å²) in [5.41, 5.74) is 4.66.